The first-order valence-corrected chi connectivity index (χ1v) is 6.97. The zero-order valence-electron chi connectivity index (χ0n) is 9.00. The highest BCUT2D eigenvalue weighted by Gasteiger charge is 2.30. The number of hydrogen-bond acceptors (Lipinski definition) is 1. The zero-order valence-corrected chi connectivity index (χ0v) is 9.82. The molecule has 0 spiro atoms. The molecule has 1 unspecified atom stereocenters. The fourth-order valence-electron chi connectivity index (χ4n) is 2.45. The molecule has 2 bridgehead atoms. The van der Waals surface area contributed by atoms with Crippen LogP contribution in [0.1, 0.15) is 12.0 Å². The molecule has 1 nitrogen and oxygen atoms in total. The second-order valence-corrected chi connectivity index (χ2v) is 5.89. The van der Waals surface area contributed by atoms with Gasteiger partial charge in [-0.2, -0.15) is 0 Å². The van der Waals surface area contributed by atoms with E-state index in [2.05, 4.69) is 18.2 Å². The summed E-state index contributed by atoms with van der Waals surface area (Å²) in [6, 6.07) is 10.1. The van der Waals surface area contributed by atoms with E-state index in [1.54, 1.807) is 0 Å². The normalized spacial score (nSPS) is 28.1. The molecule has 16 heavy (non-hydrogen) atoms. The Bertz CT molecular complexity index is 473. The lowest BCUT2D eigenvalue weighted by atomic mass is 10.2. The summed E-state index contributed by atoms with van der Waals surface area (Å²) in [7, 11) is -0.836. The van der Waals surface area contributed by atoms with Gasteiger partial charge in [0.05, 0.1) is 16.6 Å². The van der Waals surface area contributed by atoms with E-state index in [0.29, 0.717) is 17.6 Å². The third-order valence-corrected chi connectivity index (χ3v) is 4.82. The van der Waals surface area contributed by atoms with Crippen molar-refractivity contribution in [2.24, 2.45) is 11.8 Å². The smallest absolute Gasteiger partial charge is 0.0535 e. The summed E-state index contributed by atoms with van der Waals surface area (Å²) >= 11 is 0. The van der Waals surface area contributed by atoms with Gasteiger partial charge in [0.1, 0.15) is 0 Å². The van der Waals surface area contributed by atoms with Crippen LogP contribution in [0.2, 0.25) is 0 Å². The third-order valence-electron chi connectivity index (χ3n) is 3.26. The Morgan fingerprint density at radius 3 is 2.62 bits per heavy atom. The van der Waals surface area contributed by atoms with Crippen molar-refractivity contribution >= 4 is 10.8 Å². The largest absolute Gasteiger partial charge is 0.254 e. The van der Waals surface area contributed by atoms with Crippen LogP contribution in [-0.2, 0) is 16.6 Å². The van der Waals surface area contributed by atoms with E-state index in [-0.39, 0.29) is 0 Å². The van der Waals surface area contributed by atoms with Crippen LogP contribution in [0.15, 0.2) is 53.5 Å². The highest BCUT2D eigenvalue weighted by atomic mass is 32.2. The molecule has 2 heteroatoms. The molecule has 82 valence electrons. The van der Waals surface area contributed by atoms with Crippen LogP contribution in [0.4, 0.5) is 0 Å². The van der Waals surface area contributed by atoms with Gasteiger partial charge >= 0.3 is 0 Å². The van der Waals surface area contributed by atoms with Gasteiger partial charge in [0, 0.05) is 10.8 Å². The maximum atomic E-state index is 12.2. The Balaban J connectivity index is 1.74. The lowest BCUT2D eigenvalue weighted by molar-refractivity contribution is 0.678. The topological polar surface area (TPSA) is 17.1 Å². The molecular weight excluding hydrogens is 216 g/mol. The first kappa shape index (κ1) is 10.0. The molecule has 3 rings (SSSR count). The molecule has 0 saturated carbocycles. The third kappa shape index (κ3) is 1.78. The van der Waals surface area contributed by atoms with Crippen molar-refractivity contribution in [1.29, 1.82) is 0 Å². The molecule has 0 N–H and O–H groups in total. The van der Waals surface area contributed by atoms with Gasteiger partial charge in [0.15, 0.2) is 0 Å². The summed E-state index contributed by atoms with van der Waals surface area (Å²) in [5.41, 5.74) is 1.16. The maximum Gasteiger partial charge on any atom is 0.0535 e. The van der Waals surface area contributed by atoms with Crippen LogP contribution < -0.4 is 0 Å². The minimum atomic E-state index is -0.836. The van der Waals surface area contributed by atoms with Gasteiger partial charge in [0.25, 0.3) is 0 Å². The Labute approximate surface area is 98.3 Å². The van der Waals surface area contributed by atoms with Crippen molar-refractivity contribution < 1.29 is 4.21 Å². The van der Waals surface area contributed by atoms with Gasteiger partial charge in [0.2, 0.25) is 0 Å². The second-order valence-electron chi connectivity index (χ2n) is 4.44. The number of rotatable bonds is 3. The van der Waals surface area contributed by atoms with Crippen molar-refractivity contribution in [3.63, 3.8) is 0 Å². The molecule has 1 aromatic carbocycles. The Kier molecular flexibility index (Phi) is 2.52. The quantitative estimate of drug-likeness (QED) is 0.729. The maximum absolute atomic E-state index is 12.2. The molecule has 1 aromatic rings. The Hall–Kier alpha value is -1.15. The summed E-state index contributed by atoms with van der Waals surface area (Å²) in [5, 5.41) is 0. The minimum Gasteiger partial charge on any atom is -0.254 e. The van der Waals surface area contributed by atoms with E-state index < -0.39 is 10.8 Å². The summed E-state index contributed by atoms with van der Waals surface area (Å²) in [6.45, 7) is 0. The molecule has 3 atom stereocenters. The van der Waals surface area contributed by atoms with Crippen LogP contribution in [0.5, 0.6) is 0 Å². The van der Waals surface area contributed by atoms with Crippen LogP contribution in [0, 0.1) is 11.8 Å². The average molecular weight is 230 g/mol. The van der Waals surface area contributed by atoms with Crippen molar-refractivity contribution in [2.45, 2.75) is 12.2 Å². The van der Waals surface area contributed by atoms with Crippen LogP contribution in [0.3, 0.4) is 0 Å². The van der Waals surface area contributed by atoms with E-state index in [1.807, 2.05) is 30.3 Å². The van der Waals surface area contributed by atoms with Gasteiger partial charge in [-0.25, -0.2) is 0 Å². The highest BCUT2D eigenvalue weighted by molar-refractivity contribution is 7.88. The molecule has 0 aromatic heterocycles. The summed E-state index contributed by atoms with van der Waals surface area (Å²) in [6.07, 6.45) is 7.79. The number of hydrogen-bond donors (Lipinski definition) is 0. The average Bonchev–Trinajstić information content (AvgIpc) is 2.92. The number of benzene rings is 1. The summed E-state index contributed by atoms with van der Waals surface area (Å²) in [5.74, 6) is 1.67. The van der Waals surface area contributed by atoms with Crippen LogP contribution in [-0.4, -0.2) is 4.21 Å². The molecule has 0 heterocycles. The molecule has 0 amide bonds. The molecular formula is C14H14OS. The fraction of sp³-hybridized carbons (Fsp3) is 0.286. The molecule has 0 radical (unpaired) electrons. The van der Waals surface area contributed by atoms with Crippen molar-refractivity contribution in [1.82, 2.24) is 0 Å². The van der Waals surface area contributed by atoms with Crippen LogP contribution in [0.25, 0.3) is 0 Å². The summed E-state index contributed by atoms with van der Waals surface area (Å²) < 4.78 is 12.2. The summed E-state index contributed by atoms with van der Waals surface area (Å²) in [4.78, 5) is 1.15. The lowest BCUT2D eigenvalue weighted by Crippen LogP contribution is -2.04. The van der Waals surface area contributed by atoms with Gasteiger partial charge < -0.3 is 0 Å². The van der Waals surface area contributed by atoms with Gasteiger partial charge in [-0.05, 0) is 17.9 Å². The lowest BCUT2D eigenvalue weighted by Gasteiger charge is -2.09. The monoisotopic (exact) mass is 230 g/mol. The van der Waals surface area contributed by atoms with E-state index in [1.165, 1.54) is 0 Å². The molecule has 0 saturated heterocycles. The molecule has 0 aliphatic heterocycles. The molecule has 0 fully saturated rings. The number of fused-ring (bicyclic) bond motifs is 2. The van der Waals surface area contributed by atoms with E-state index in [0.717, 1.165) is 16.9 Å². The highest BCUT2D eigenvalue weighted by Crippen LogP contribution is 2.40. The predicted molar refractivity (Wildman–Crippen MR) is 67.1 cm³/mol. The minimum absolute atomic E-state index is 0.453. The van der Waals surface area contributed by atoms with Crippen molar-refractivity contribution in [2.75, 3.05) is 0 Å². The van der Waals surface area contributed by atoms with E-state index in [4.69, 9.17) is 0 Å². The predicted octanol–water partition coefficient (Wildman–Crippen LogP) is 3.03. The fourth-order valence-corrected chi connectivity index (χ4v) is 3.95. The first-order valence-electron chi connectivity index (χ1n) is 5.65. The second kappa shape index (κ2) is 4.02. The van der Waals surface area contributed by atoms with Crippen molar-refractivity contribution in [3.05, 3.63) is 59.0 Å². The van der Waals surface area contributed by atoms with Crippen molar-refractivity contribution in [3.8, 4) is 0 Å². The Morgan fingerprint density at radius 2 is 2.00 bits per heavy atom. The SMILES string of the molecule is O=S(Cc1ccccc1)C1=C[C@@H]2C=C[C@H]1C2. The zero-order chi connectivity index (χ0) is 11.0. The molecule has 2 aliphatic carbocycles. The standard InChI is InChI=1S/C14H14OS/c15-16(10-11-4-2-1-3-5-11)14-9-12-6-7-13(14)8-12/h1-7,9,12-13H,8,10H2/t12-,13+,16?/m1/s1. The van der Waals surface area contributed by atoms with Gasteiger partial charge in [-0.15, -0.1) is 0 Å². The first-order chi connectivity index (χ1) is 7.83. The van der Waals surface area contributed by atoms with Crippen LogP contribution >= 0.6 is 0 Å². The van der Waals surface area contributed by atoms with Gasteiger partial charge in [-0.3, -0.25) is 4.21 Å². The van der Waals surface area contributed by atoms with Gasteiger partial charge in [-0.1, -0.05) is 48.6 Å². The van der Waals surface area contributed by atoms with E-state index in [9.17, 15) is 4.21 Å². The number of allylic oxidation sites excluding steroid dienone is 4. The van der Waals surface area contributed by atoms with E-state index >= 15 is 0 Å². The molecule has 2 aliphatic rings. The Morgan fingerprint density at radius 1 is 1.19 bits per heavy atom.